The van der Waals surface area contributed by atoms with Gasteiger partial charge in [0.2, 0.25) is 0 Å². The molecule has 1 aliphatic carbocycles. The SMILES string of the molecule is CC[C@@H]1CN(c2cc(=O)n(C)c3cc(CC#N)nn23)[C@@H](C)CN1[C@H](C)c1ccc(C2CC2)cc1F. The summed E-state index contributed by atoms with van der Waals surface area (Å²) in [5.74, 6) is 1.17. The van der Waals surface area contributed by atoms with Gasteiger partial charge in [-0.1, -0.05) is 19.1 Å². The molecule has 0 bridgehead atoms. The number of piperazine rings is 1. The van der Waals surface area contributed by atoms with E-state index in [4.69, 9.17) is 5.26 Å². The summed E-state index contributed by atoms with van der Waals surface area (Å²) in [6.07, 6.45) is 3.42. The van der Waals surface area contributed by atoms with Crippen LogP contribution in [0.1, 0.15) is 68.8 Å². The summed E-state index contributed by atoms with van der Waals surface area (Å²) in [6, 6.07) is 11.6. The van der Waals surface area contributed by atoms with Crippen LogP contribution in [0.25, 0.3) is 5.65 Å². The lowest BCUT2D eigenvalue weighted by Crippen LogP contribution is -2.58. The molecule has 0 unspecified atom stereocenters. The van der Waals surface area contributed by atoms with E-state index in [9.17, 15) is 4.79 Å². The first-order valence-electron chi connectivity index (χ1n) is 12.6. The maximum atomic E-state index is 15.1. The number of nitriles is 1. The zero-order valence-electron chi connectivity index (χ0n) is 20.9. The van der Waals surface area contributed by atoms with Crippen LogP contribution < -0.4 is 10.5 Å². The van der Waals surface area contributed by atoms with Gasteiger partial charge in [0.1, 0.15) is 17.3 Å². The molecule has 35 heavy (non-hydrogen) atoms. The molecule has 5 rings (SSSR count). The van der Waals surface area contributed by atoms with Crippen LogP contribution in [0.4, 0.5) is 10.2 Å². The molecular weight excluding hydrogens is 443 g/mol. The highest BCUT2D eigenvalue weighted by Crippen LogP contribution is 2.41. The van der Waals surface area contributed by atoms with Crippen LogP contribution in [-0.4, -0.2) is 44.3 Å². The highest BCUT2D eigenvalue weighted by molar-refractivity contribution is 5.52. The van der Waals surface area contributed by atoms with Gasteiger partial charge in [-0.3, -0.25) is 14.3 Å². The van der Waals surface area contributed by atoms with E-state index in [1.165, 1.54) is 0 Å². The van der Waals surface area contributed by atoms with Gasteiger partial charge in [-0.2, -0.15) is 10.4 Å². The number of hydrogen-bond acceptors (Lipinski definition) is 5. The van der Waals surface area contributed by atoms with Crippen molar-refractivity contribution in [3.05, 3.63) is 63.3 Å². The number of nitrogens with zero attached hydrogens (tertiary/aromatic N) is 6. The number of aryl methyl sites for hydroxylation is 1. The highest BCUT2D eigenvalue weighted by Gasteiger charge is 2.36. The number of fused-ring (bicyclic) bond motifs is 1. The van der Waals surface area contributed by atoms with Crippen LogP contribution in [0.15, 0.2) is 35.1 Å². The van der Waals surface area contributed by atoms with Crippen molar-refractivity contribution >= 4 is 11.5 Å². The third-order valence-electron chi connectivity index (χ3n) is 7.82. The van der Waals surface area contributed by atoms with Crippen molar-refractivity contribution in [3.8, 4) is 6.07 Å². The predicted molar refractivity (Wildman–Crippen MR) is 134 cm³/mol. The minimum Gasteiger partial charge on any atom is -0.351 e. The molecule has 2 fully saturated rings. The Bertz CT molecular complexity index is 1350. The second-order valence-electron chi connectivity index (χ2n) is 10.1. The van der Waals surface area contributed by atoms with Crippen LogP contribution >= 0.6 is 0 Å². The van der Waals surface area contributed by atoms with Crippen LogP contribution in [0.3, 0.4) is 0 Å². The number of anilines is 1. The van der Waals surface area contributed by atoms with Crippen LogP contribution in [0, 0.1) is 17.1 Å². The van der Waals surface area contributed by atoms with E-state index in [0.717, 1.165) is 42.8 Å². The van der Waals surface area contributed by atoms with E-state index in [-0.39, 0.29) is 35.9 Å². The van der Waals surface area contributed by atoms with Crippen LogP contribution in [-0.2, 0) is 13.5 Å². The standard InChI is InChI=1S/C27H33FN6O/c1-5-22-16-32(26-14-27(35)31(4)25-13-21(10-11-29)30-34(25)26)17(2)15-33(22)18(3)23-9-8-20(12-24(23)28)19-6-7-19/h8-9,12-14,17-19,22H,5-7,10,15-16H2,1-4H3/t17-,18+,22+/m0/s1. The Balaban J connectivity index is 1.45. The summed E-state index contributed by atoms with van der Waals surface area (Å²) in [5.41, 5.74) is 3.08. The van der Waals surface area contributed by atoms with Gasteiger partial charge in [0.05, 0.1) is 18.2 Å². The minimum atomic E-state index is -0.110. The van der Waals surface area contributed by atoms with Gasteiger partial charge in [-0.25, -0.2) is 8.91 Å². The molecule has 2 aromatic heterocycles. The number of halogens is 1. The van der Waals surface area contributed by atoms with Crippen molar-refractivity contribution in [2.45, 2.75) is 70.5 Å². The van der Waals surface area contributed by atoms with Crippen molar-refractivity contribution in [3.63, 3.8) is 0 Å². The van der Waals surface area contributed by atoms with Crippen LogP contribution in [0.5, 0.6) is 0 Å². The summed E-state index contributed by atoms with van der Waals surface area (Å²) in [6.45, 7) is 7.84. The second-order valence-corrected chi connectivity index (χ2v) is 10.1. The van der Waals surface area contributed by atoms with Gasteiger partial charge in [0.25, 0.3) is 5.56 Å². The number of aromatic nitrogens is 3. The minimum absolute atomic E-state index is 0.0478. The second kappa shape index (κ2) is 9.12. The molecule has 184 valence electrons. The maximum absolute atomic E-state index is 15.1. The Morgan fingerprint density at radius 3 is 2.66 bits per heavy atom. The van der Waals surface area contributed by atoms with Crippen molar-refractivity contribution < 1.29 is 4.39 Å². The maximum Gasteiger partial charge on any atom is 0.255 e. The fourth-order valence-electron chi connectivity index (χ4n) is 5.53. The molecule has 0 spiro atoms. The quantitative estimate of drug-likeness (QED) is 0.534. The lowest BCUT2D eigenvalue weighted by Gasteiger charge is -2.48. The van der Waals surface area contributed by atoms with Gasteiger partial charge >= 0.3 is 0 Å². The number of rotatable bonds is 6. The summed E-state index contributed by atoms with van der Waals surface area (Å²) in [7, 11) is 1.72. The van der Waals surface area contributed by atoms with Gasteiger partial charge in [0, 0.05) is 56.0 Å². The van der Waals surface area contributed by atoms with E-state index in [0.29, 0.717) is 23.8 Å². The highest BCUT2D eigenvalue weighted by atomic mass is 19.1. The Morgan fingerprint density at radius 2 is 2.00 bits per heavy atom. The molecule has 0 radical (unpaired) electrons. The Kier molecular flexibility index (Phi) is 6.14. The Labute approximate surface area is 205 Å². The summed E-state index contributed by atoms with van der Waals surface area (Å²) in [5, 5.41) is 13.8. The molecule has 3 heterocycles. The Morgan fingerprint density at radius 1 is 1.23 bits per heavy atom. The van der Waals surface area contributed by atoms with Gasteiger partial charge in [-0.05, 0) is 50.7 Å². The van der Waals surface area contributed by atoms with E-state index in [1.807, 2.05) is 12.1 Å². The topological polar surface area (TPSA) is 69.6 Å². The monoisotopic (exact) mass is 476 g/mol. The molecule has 3 atom stereocenters. The zero-order valence-corrected chi connectivity index (χ0v) is 20.9. The van der Waals surface area contributed by atoms with E-state index in [2.05, 4.69) is 47.8 Å². The molecule has 7 nitrogen and oxygen atoms in total. The third kappa shape index (κ3) is 4.23. The lowest BCUT2D eigenvalue weighted by atomic mass is 9.97. The number of benzene rings is 1. The smallest absolute Gasteiger partial charge is 0.255 e. The van der Waals surface area contributed by atoms with Gasteiger partial charge in [-0.15, -0.1) is 0 Å². The molecular formula is C27H33FN6O. The molecule has 0 amide bonds. The summed E-state index contributed by atoms with van der Waals surface area (Å²) in [4.78, 5) is 17.4. The van der Waals surface area contributed by atoms with Gasteiger partial charge in [0.15, 0.2) is 0 Å². The Hall–Kier alpha value is -3.18. The molecule has 2 aliphatic rings. The van der Waals surface area contributed by atoms with E-state index >= 15 is 4.39 Å². The molecule has 1 aromatic carbocycles. The van der Waals surface area contributed by atoms with Crippen molar-refractivity contribution in [1.29, 1.82) is 5.26 Å². The molecule has 0 N–H and O–H groups in total. The number of hydrogen-bond donors (Lipinski definition) is 0. The fraction of sp³-hybridized carbons (Fsp3) is 0.519. The third-order valence-corrected chi connectivity index (χ3v) is 7.82. The normalized spacial score (nSPS) is 21.9. The lowest BCUT2D eigenvalue weighted by molar-refractivity contribution is 0.103. The molecule has 8 heteroatoms. The van der Waals surface area contributed by atoms with Crippen LogP contribution in [0.2, 0.25) is 0 Å². The average Bonchev–Trinajstić information content (AvgIpc) is 3.61. The first-order chi connectivity index (χ1) is 16.8. The summed E-state index contributed by atoms with van der Waals surface area (Å²) >= 11 is 0. The predicted octanol–water partition coefficient (Wildman–Crippen LogP) is 4.17. The average molecular weight is 477 g/mol. The van der Waals surface area contributed by atoms with E-state index in [1.54, 1.807) is 28.3 Å². The molecule has 1 aliphatic heterocycles. The fourth-order valence-corrected chi connectivity index (χ4v) is 5.53. The largest absolute Gasteiger partial charge is 0.351 e. The van der Waals surface area contributed by atoms with E-state index < -0.39 is 0 Å². The zero-order chi connectivity index (χ0) is 24.9. The molecule has 1 saturated heterocycles. The van der Waals surface area contributed by atoms with Gasteiger partial charge < -0.3 is 4.90 Å². The van der Waals surface area contributed by atoms with Crippen molar-refractivity contribution in [2.75, 3.05) is 18.0 Å². The van der Waals surface area contributed by atoms with Crippen molar-refractivity contribution in [2.24, 2.45) is 7.05 Å². The summed E-state index contributed by atoms with van der Waals surface area (Å²) < 4.78 is 18.5. The molecule has 1 saturated carbocycles. The van der Waals surface area contributed by atoms with Crippen molar-refractivity contribution in [1.82, 2.24) is 19.1 Å². The molecule has 3 aromatic rings. The first-order valence-corrected chi connectivity index (χ1v) is 12.6. The first kappa shape index (κ1) is 23.6.